The highest BCUT2D eigenvalue weighted by Crippen LogP contribution is 2.50. The zero-order valence-electron chi connectivity index (χ0n) is 20.3. The van der Waals surface area contributed by atoms with E-state index in [-0.39, 0.29) is 41.0 Å². The van der Waals surface area contributed by atoms with E-state index in [4.69, 9.17) is 13.9 Å². The van der Waals surface area contributed by atoms with Crippen LogP contribution in [0.25, 0.3) is 0 Å². The Balaban J connectivity index is 2.06. The Hall–Kier alpha value is -0.913. The molecule has 2 aliphatic heterocycles. The number of rotatable bonds is 5. The summed E-state index contributed by atoms with van der Waals surface area (Å²) in [6, 6.07) is 0. The number of carbonyl (C=O) groups is 1. The first-order valence-electron chi connectivity index (χ1n) is 11.8. The van der Waals surface area contributed by atoms with E-state index in [1.165, 1.54) is 11.1 Å². The number of allylic oxidation sites excluding steroid dienone is 2. The second-order valence-electron chi connectivity index (χ2n) is 10.9. The number of hydrogen-bond acceptors (Lipinski definition) is 4. The lowest BCUT2D eigenvalue weighted by atomic mass is 9.71. The minimum absolute atomic E-state index is 0.00330. The molecular formula is C25H42O4Si. The lowest BCUT2D eigenvalue weighted by Gasteiger charge is -2.42. The van der Waals surface area contributed by atoms with Gasteiger partial charge in [-0.1, -0.05) is 32.4 Å². The van der Waals surface area contributed by atoms with E-state index in [1.807, 2.05) is 6.92 Å². The van der Waals surface area contributed by atoms with Crippen molar-refractivity contribution in [2.24, 2.45) is 11.8 Å². The molecule has 3 aliphatic rings. The number of hydrogen-bond donors (Lipinski definition) is 0. The van der Waals surface area contributed by atoms with Gasteiger partial charge in [0.1, 0.15) is 5.78 Å². The van der Waals surface area contributed by atoms with Gasteiger partial charge in [-0.05, 0) is 64.6 Å². The van der Waals surface area contributed by atoms with Crippen molar-refractivity contribution < 1.29 is 18.7 Å². The fourth-order valence-electron chi connectivity index (χ4n) is 5.14. The van der Waals surface area contributed by atoms with Crippen molar-refractivity contribution in [3.8, 4) is 0 Å². The lowest BCUT2D eigenvalue weighted by molar-refractivity contribution is -0.124. The number of fused-ring (bicyclic) bond motifs is 5. The van der Waals surface area contributed by atoms with Gasteiger partial charge >= 0.3 is 0 Å². The predicted octanol–water partition coefficient (Wildman–Crippen LogP) is 6.18. The summed E-state index contributed by atoms with van der Waals surface area (Å²) >= 11 is 0. The van der Waals surface area contributed by atoms with Crippen molar-refractivity contribution in [3.05, 3.63) is 23.0 Å². The topological polar surface area (TPSA) is 44.8 Å². The standard InChI is InChI=1S/C25H42O4Si/c1-9-27-19-14-13-18(17(3)26)22-23(19)21-15-16(2)11-10-12-20(24(22)28-21)29-30(7,8)25(4,5)6/h11,18,20-22,24H,9-10,12-15H2,1-8H3/b16-11-/t18-,20+,21-,22-,24-/m1/s1. The van der Waals surface area contributed by atoms with Gasteiger partial charge in [0.25, 0.3) is 0 Å². The van der Waals surface area contributed by atoms with Gasteiger partial charge in [-0.3, -0.25) is 4.79 Å². The van der Waals surface area contributed by atoms with E-state index < -0.39 is 8.32 Å². The van der Waals surface area contributed by atoms with Crippen molar-refractivity contribution in [2.45, 2.75) is 110 Å². The number of carbonyl (C=O) groups excluding carboxylic acids is 1. The molecule has 1 fully saturated rings. The third-order valence-corrected chi connectivity index (χ3v) is 12.2. The highest BCUT2D eigenvalue weighted by Gasteiger charge is 2.53. The van der Waals surface area contributed by atoms with Crippen molar-refractivity contribution >= 4 is 14.1 Å². The van der Waals surface area contributed by atoms with E-state index in [2.05, 4.69) is 46.9 Å². The highest BCUT2D eigenvalue weighted by molar-refractivity contribution is 6.74. The number of ketones is 1. The van der Waals surface area contributed by atoms with Crippen LogP contribution in [0, 0.1) is 11.8 Å². The van der Waals surface area contributed by atoms with Gasteiger partial charge in [0.15, 0.2) is 8.32 Å². The maximum Gasteiger partial charge on any atom is 0.192 e. The summed E-state index contributed by atoms with van der Waals surface area (Å²) in [5, 5.41) is 0.136. The van der Waals surface area contributed by atoms with Crippen LogP contribution in [0.2, 0.25) is 18.1 Å². The first kappa shape index (κ1) is 23.7. The Morgan fingerprint density at radius 2 is 1.97 bits per heavy atom. The average Bonchev–Trinajstić information content (AvgIpc) is 3.01. The Bertz CT molecular complexity index is 715. The summed E-state index contributed by atoms with van der Waals surface area (Å²) in [5.41, 5.74) is 2.62. The van der Waals surface area contributed by atoms with Crippen LogP contribution in [0.1, 0.15) is 73.6 Å². The van der Waals surface area contributed by atoms with Crippen LogP contribution in [0.5, 0.6) is 0 Å². The second kappa shape index (κ2) is 8.91. The molecule has 0 aromatic carbocycles. The Kier molecular flexibility index (Phi) is 7.05. The molecule has 3 rings (SSSR count). The third-order valence-electron chi connectivity index (χ3n) is 7.73. The molecule has 5 heteroatoms. The quantitative estimate of drug-likeness (QED) is 0.383. The van der Waals surface area contributed by atoms with E-state index in [0.29, 0.717) is 6.61 Å². The molecule has 2 bridgehead atoms. The molecule has 0 spiro atoms. The monoisotopic (exact) mass is 434 g/mol. The zero-order chi connectivity index (χ0) is 22.3. The number of Topliss-reactive ketones (excluding diaryl/α,β-unsaturated/α-hetero) is 1. The van der Waals surface area contributed by atoms with Crippen molar-refractivity contribution in [1.29, 1.82) is 0 Å². The van der Waals surface area contributed by atoms with Gasteiger partial charge in [-0.2, -0.15) is 0 Å². The molecule has 1 saturated heterocycles. The maximum atomic E-state index is 12.7. The third kappa shape index (κ3) is 4.63. The molecule has 4 nitrogen and oxygen atoms in total. The predicted molar refractivity (Wildman–Crippen MR) is 124 cm³/mol. The van der Waals surface area contributed by atoms with Gasteiger partial charge in [0.05, 0.1) is 30.7 Å². The van der Waals surface area contributed by atoms with Gasteiger partial charge in [-0.15, -0.1) is 0 Å². The molecule has 1 aliphatic carbocycles. The summed E-state index contributed by atoms with van der Waals surface area (Å²) in [6.45, 7) is 18.1. The van der Waals surface area contributed by atoms with Crippen LogP contribution in [0.4, 0.5) is 0 Å². The minimum Gasteiger partial charge on any atom is -0.498 e. The van der Waals surface area contributed by atoms with E-state index in [1.54, 1.807) is 6.92 Å². The van der Waals surface area contributed by atoms with Gasteiger partial charge in [0, 0.05) is 23.8 Å². The Labute approximate surface area is 184 Å². The summed E-state index contributed by atoms with van der Waals surface area (Å²) < 4.78 is 19.9. The molecule has 30 heavy (non-hydrogen) atoms. The van der Waals surface area contributed by atoms with Gasteiger partial charge < -0.3 is 13.9 Å². The Morgan fingerprint density at radius 3 is 2.57 bits per heavy atom. The fraction of sp³-hybridized carbons (Fsp3) is 0.800. The van der Waals surface area contributed by atoms with Crippen molar-refractivity contribution in [3.63, 3.8) is 0 Å². The number of ether oxygens (including phenoxy) is 2. The minimum atomic E-state index is -1.97. The van der Waals surface area contributed by atoms with Crippen LogP contribution in [0.15, 0.2) is 23.0 Å². The Morgan fingerprint density at radius 1 is 1.27 bits per heavy atom. The largest absolute Gasteiger partial charge is 0.498 e. The van der Waals surface area contributed by atoms with Crippen LogP contribution >= 0.6 is 0 Å². The van der Waals surface area contributed by atoms with Gasteiger partial charge in [0.2, 0.25) is 0 Å². The highest BCUT2D eigenvalue weighted by atomic mass is 28.4. The molecule has 5 atom stereocenters. The molecule has 2 heterocycles. The van der Waals surface area contributed by atoms with Gasteiger partial charge in [-0.25, -0.2) is 0 Å². The van der Waals surface area contributed by atoms with E-state index in [0.717, 1.165) is 37.9 Å². The molecule has 0 saturated carbocycles. The fourth-order valence-corrected chi connectivity index (χ4v) is 6.50. The lowest BCUT2D eigenvalue weighted by Crippen LogP contribution is -2.49. The van der Waals surface area contributed by atoms with Crippen LogP contribution in [-0.2, 0) is 18.7 Å². The van der Waals surface area contributed by atoms with E-state index >= 15 is 0 Å². The molecular weight excluding hydrogens is 392 g/mol. The maximum absolute atomic E-state index is 12.7. The molecule has 0 amide bonds. The first-order chi connectivity index (χ1) is 14.0. The van der Waals surface area contributed by atoms with Crippen molar-refractivity contribution in [2.75, 3.05) is 6.61 Å². The summed E-state index contributed by atoms with van der Waals surface area (Å²) in [4.78, 5) is 12.7. The second-order valence-corrected chi connectivity index (χ2v) is 15.7. The van der Waals surface area contributed by atoms with Crippen LogP contribution in [-0.4, -0.2) is 39.0 Å². The summed E-state index contributed by atoms with van der Waals surface area (Å²) in [6.07, 6.45) is 6.84. The summed E-state index contributed by atoms with van der Waals surface area (Å²) in [5.74, 6) is 1.45. The first-order valence-corrected chi connectivity index (χ1v) is 14.7. The van der Waals surface area contributed by atoms with Crippen molar-refractivity contribution in [1.82, 2.24) is 0 Å². The zero-order valence-corrected chi connectivity index (χ0v) is 21.3. The molecule has 170 valence electrons. The van der Waals surface area contributed by atoms with Crippen LogP contribution < -0.4 is 0 Å². The van der Waals surface area contributed by atoms with E-state index in [9.17, 15) is 4.79 Å². The average molecular weight is 435 g/mol. The smallest absolute Gasteiger partial charge is 0.192 e. The molecule has 0 aromatic rings. The summed E-state index contributed by atoms with van der Waals surface area (Å²) in [7, 11) is -1.97. The normalized spacial score (nSPS) is 34.4. The van der Waals surface area contributed by atoms with Crippen LogP contribution in [0.3, 0.4) is 0 Å². The SMILES string of the molecule is CCOC1=C2[C@H]([C@@H]3O[C@@H]2C/C(C)=C\CC[C@@H]3O[Si](C)(C)C(C)(C)C)[C@@H](C(C)=O)CC1. The molecule has 0 unspecified atom stereocenters. The molecule has 0 aromatic heterocycles. The molecule has 0 N–H and O–H groups in total. The molecule has 0 radical (unpaired) electrons.